The maximum Gasteiger partial charge on any atom is 0.260 e. The zero-order valence-corrected chi connectivity index (χ0v) is 24.0. The fraction of sp³-hybridized carbons (Fsp3) is 0.607. The zero-order chi connectivity index (χ0) is 30.3. The normalized spacial score (nSPS) is 20.0. The quantitative estimate of drug-likeness (QED) is 0.229. The van der Waals surface area contributed by atoms with E-state index in [1.165, 1.54) is 9.80 Å². The predicted octanol–water partition coefficient (Wildman–Crippen LogP) is -1.13. The highest BCUT2D eigenvalue weighted by atomic mass is 16.2. The van der Waals surface area contributed by atoms with Crippen LogP contribution in [0, 0.1) is 5.92 Å². The van der Waals surface area contributed by atoms with Gasteiger partial charge in [0.25, 0.3) is 5.91 Å². The van der Waals surface area contributed by atoms with Crippen LogP contribution in [0.15, 0.2) is 24.5 Å². The van der Waals surface area contributed by atoms with E-state index in [2.05, 4.69) is 10.6 Å². The van der Waals surface area contributed by atoms with Gasteiger partial charge in [-0.3, -0.25) is 28.8 Å². The summed E-state index contributed by atoms with van der Waals surface area (Å²) in [5.41, 5.74) is 11.3. The van der Waals surface area contributed by atoms with Crippen LogP contribution in [0.3, 0.4) is 0 Å². The van der Waals surface area contributed by atoms with Gasteiger partial charge in [-0.2, -0.15) is 0 Å². The molecule has 3 heterocycles. The smallest absolute Gasteiger partial charge is 0.260 e. The highest BCUT2D eigenvalue weighted by Crippen LogP contribution is 2.22. The van der Waals surface area contributed by atoms with Crippen molar-refractivity contribution in [2.24, 2.45) is 24.4 Å². The lowest BCUT2D eigenvalue weighted by atomic mass is 10.0. The number of carbonyl (C=O) groups is 6. The first-order chi connectivity index (χ1) is 19.4. The Hall–Kier alpha value is -4.03. The lowest BCUT2D eigenvalue weighted by Crippen LogP contribution is -2.58. The largest absolute Gasteiger partial charge is 0.370 e. The van der Waals surface area contributed by atoms with Crippen LogP contribution in [0.1, 0.15) is 69.2 Å². The van der Waals surface area contributed by atoms with Gasteiger partial charge >= 0.3 is 0 Å². The molecular formula is C28H42N7O6+. The predicted molar refractivity (Wildman–Crippen MR) is 147 cm³/mol. The average Bonchev–Trinajstić information content (AvgIpc) is 3.60. The van der Waals surface area contributed by atoms with Gasteiger partial charge in [0.1, 0.15) is 36.8 Å². The topological polar surface area (TPSA) is 189 Å². The number of likely N-dealkylation sites (tertiary alicyclic amines) is 2. The van der Waals surface area contributed by atoms with Crippen molar-refractivity contribution in [2.45, 2.75) is 83.0 Å². The molecule has 4 atom stereocenters. The molecule has 2 fully saturated rings. The highest BCUT2D eigenvalue weighted by Gasteiger charge is 2.39. The number of rotatable bonds is 12. The van der Waals surface area contributed by atoms with Crippen LogP contribution in [0.2, 0.25) is 0 Å². The van der Waals surface area contributed by atoms with Crippen molar-refractivity contribution in [1.82, 2.24) is 20.4 Å². The molecule has 2 aliphatic rings. The van der Waals surface area contributed by atoms with Gasteiger partial charge in [-0.15, -0.1) is 0 Å². The molecule has 0 aliphatic carbocycles. The summed E-state index contributed by atoms with van der Waals surface area (Å²) in [7, 11) is 1.79. The van der Waals surface area contributed by atoms with Crippen molar-refractivity contribution in [1.29, 1.82) is 0 Å². The van der Waals surface area contributed by atoms with Crippen molar-refractivity contribution >= 4 is 35.4 Å². The van der Waals surface area contributed by atoms with Crippen molar-refractivity contribution in [3.8, 4) is 0 Å². The highest BCUT2D eigenvalue weighted by molar-refractivity contribution is 5.99. The minimum Gasteiger partial charge on any atom is -0.370 e. The Balaban J connectivity index is 1.76. The fourth-order valence-electron chi connectivity index (χ4n) is 5.48. The van der Waals surface area contributed by atoms with E-state index in [1.807, 2.05) is 13.8 Å². The SMILES string of the molecule is CC(C)C[C@H](NC(=O)[C@H](CCC(N)=O)NC(=O)[C@@H]1CCCN1C(=O)c1ccc[n+](C)c1)C(=O)N1CCC[C@H]1C(N)=O. The fourth-order valence-corrected chi connectivity index (χ4v) is 5.48. The molecule has 13 nitrogen and oxygen atoms in total. The van der Waals surface area contributed by atoms with Gasteiger partial charge in [0.2, 0.25) is 29.5 Å². The van der Waals surface area contributed by atoms with Gasteiger partial charge in [0, 0.05) is 25.6 Å². The van der Waals surface area contributed by atoms with E-state index in [4.69, 9.17) is 11.5 Å². The number of pyridine rings is 1. The second kappa shape index (κ2) is 14.0. The molecule has 0 saturated carbocycles. The lowest BCUT2D eigenvalue weighted by molar-refractivity contribution is -0.671. The average molecular weight is 573 g/mol. The molecule has 0 unspecified atom stereocenters. The number of hydrogen-bond donors (Lipinski definition) is 4. The van der Waals surface area contributed by atoms with Gasteiger partial charge < -0.3 is 31.9 Å². The first-order valence-corrected chi connectivity index (χ1v) is 14.1. The molecule has 0 spiro atoms. The molecule has 6 N–H and O–H groups in total. The first-order valence-electron chi connectivity index (χ1n) is 14.1. The van der Waals surface area contributed by atoms with Crippen molar-refractivity contribution in [2.75, 3.05) is 13.1 Å². The van der Waals surface area contributed by atoms with Crippen LogP contribution < -0.4 is 26.7 Å². The van der Waals surface area contributed by atoms with E-state index < -0.39 is 53.7 Å². The summed E-state index contributed by atoms with van der Waals surface area (Å²) >= 11 is 0. The van der Waals surface area contributed by atoms with E-state index in [-0.39, 0.29) is 24.7 Å². The number of nitrogens with two attached hydrogens (primary N) is 2. The second-order valence-corrected chi connectivity index (χ2v) is 11.3. The summed E-state index contributed by atoms with van der Waals surface area (Å²) in [6.07, 6.45) is 5.61. The van der Waals surface area contributed by atoms with Gasteiger partial charge in [0.05, 0.1) is 0 Å². The summed E-state index contributed by atoms with van der Waals surface area (Å²) in [5.74, 6) is -3.12. The molecule has 224 valence electrons. The molecule has 41 heavy (non-hydrogen) atoms. The number of aromatic nitrogens is 1. The number of aryl methyl sites for hydroxylation is 1. The van der Waals surface area contributed by atoms with Crippen LogP contribution in [0.4, 0.5) is 0 Å². The van der Waals surface area contributed by atoms with Crippen LogP contribution in [0.5, 0.6) is 0 Å². The third kappa shape index (κ3) is 8.24. The minimum absolute atomic E-state index is 0.0235. The van der Waals surface area contributed by atoms with E-state index in [1.54, 1.807) is 36.1 Å². The number of nitrogens with zero attached hydrogens (tertiary/aromatic N) is 3. The number of carbonyl (C=O) groups excluding carboxylic acids is 6. The zero-order valence-electron chi connectivity index (χ0n) is 24.0. The summed E-state index contributed by atoms with van der Waals surface area (Å²) in [4.78, 5) is 79.8. The Bertz CT molecular complexity index is 1170. The molecule has 1 aromatic rings. The van der Waals surface area contributed by atoms with E-state index in [0.29, 0.717) is 50.8 Å². The van der Waals surface area contributed by atoms with Crippen LogP contribution in [-0.4, -0.2) is 82.5 Å². The molecule has 1 aromatic heterocycles. The maximum atomic E-state index is 13.5. The summed E-state index contributed by atoms with van der Waals surface area (Å²) in [6, 6.07) is -0.254. The standard InChI is InChI=1S/C28H41N7O6/c1-17(2)15-20(28(41)34-13-5-8-21(34)24(30)37)32-25(38)19(10-11-23(29)36)31-26(39)22-9-6-14-35(22)27(40)18-7-4-12-33(3)16-18/h4,7,12,16-17,19-22H,5-6,8-11,13-15H2,1-3H3,(H5-,29,30,31,32,36,37,38,39)/p+1/t19-,20-,21-,22-/m0/s1. The molecule has 13 heteroatoms. The van der Waals surface area contributed by atoms with Gasteiger partial charge in [0.15, 0.2) is 12.4 Å². The van der Waals surface area contributed by atoms with Crippen molar-refractivity contribution in [3.05, 3.63) is 30.1 Å². The number of hydrogen-bond acceptors (Lipinski definition) is 6. The van der Waals surface area contributed by atoms with Gasteiger partial charge in [-0.1, -0.05) is 13.8 Å². The minimum atomic E-state index is -1.17. The van der Waals surface area contributed by atoms with Crippen LogP contribution >= 0.6 is 0 Å². The Morgan fingerprint density at radius 3 is 2.24 bits per heavy atom. The maximum absolute atomic E-state index is 13.5. The number of amides is 6. The Kier molecular flexibility index (Phi) is 10.8. The Morgan fingerprint density at radius 2 is 1.63 bits per heavy atom. The molecule has 3 rings (SSSR count). The van der Waals surface area contributed by atoms with Crippen molar-refractivity contribution < 1.29 is 33.3 Å². The molecule has 2 aliphatic heterocycles. The molecule has 0 radical (unpaired) electrons. The number of primary amides is 2. The Labute approximate surface area is 240 Å². The van der Waals surface area contributed by atoms with E-state index in [9.17, 15) is 28.8 Å². The molecular weight excluding hydrogens is 530 g/mol. The summed E-state index contributed by atoms with van der Waals surface area (Å²) < 4.78 is 1.74. The van der Waals surface area contributed by atoms with Crippen LogP contribution in [0.25, 0.3) is 0 Å². The second-order valence-electron chi connectivity index (χ2n) is 11.3. The molecule has 0 aromatic carbocycles. The number of nitrogens with one attached hydrogen (secondary N) is 2. The molecule has 6 amide bonds. The monoisotopic (exact) mass is 572 g/mol. The van der Waals surface area contributed by atoms with E-state index >= 15 is 0 Å². The lowest BCUT2D eigenvalue weighted by Gasteiger charge is -2.30. The first kappa shape index (κ1) is 31.5. The summed E-state index contributed by atoms with van der Waals surface area (Å²) in [6.45, 7) is 4.53. The Morgan fingerprint density at radius 1 is 0.976 bits per heavy atom. The third-order valence-corrected chi connectivity index (χ3v) is 7.50. The van der Waals surface area contributed by atoms with Crippen molar-refractivity contribution in [3.63, 3.8) is 0 Å². The van der Waals surface area contributed by atoms with Gasteiger partial charge in [-0.05, 0) is 50.5 Å². The third-order valence-electron chi connectivity index (χ3n) is 7.50. The summed E-state index contributed by atoms with van der Waals surface area (Å²) in [5, 5.41) is 5.44. The molecule has 0 bridgehead atoms. The van der Waals surface area contributed by atoms with Gasteiger partial charge in [-0.25, -0.2) is 4.57 Å². The van der Waals surface area contributed by atoms with Crippen LogP contribution in [-0.2, 0) is 31.0 Å². The van der Waals surface area contributed by atoms with E-state index in [0.717, 1.165) is 0 Å². The molecule has 2 saturated heterocycles.